The van der Waals surface area contributed by atoms with E-state index < -0.39 is 0 Å². The van der Waals surface area contributed by atoms with E-state index in [0.717, 1.165) is 50.6 Å². The number of aliphatic imine (C=N–C) groups is 1. The fourth-order valence-electron chi connectivity index (χ4n) is 5.36. The van der Waals surface area contributed by atoms with Crippen LogP contribution in [0.1, 0.15) is 154 Å². The summed E-state index contributed by atoms with van der Waals surface area (Å²) in [5, 5.41) is 0. The minimum absolute atomic E-state index is 1.02. The first-order chi connectivity index (χ1) is 20.0. The van der Waals surface area contributed by atoms with Gasteiger partial charge in [0.05, 0.1) is 0 Å². The Kier molecular flexibility index (Phi) is 18.4. The molecule has 0 aromatic heterocycles. The van der Waals surface area contributed by atoms with Crippen LogP contribution in [0, 0.1) is 0 Å². The summed E-state index contributed by atoms with van der Waals surface area (Å²) in [4.78, 5) is 5.49. The Morgan fingerprint density at radius 3 is 1.34 bits per heavy atom. The van der Waals surface area contributed by atoms with Crippen molar-refractivity contribution in [1.29, 1.82) is 0 Å². The summed E-state index contributed by atoms with van der Waals surface area (Å²) < 4.78 is 2.36. The number of nitrogens with zero attached hydrogens (tertiary/aromatic N) is 2. The Morgan fingerprint density at radius 1 is 0.537 bits per heavy atom. The third kappa shape index (κ3) is 13.1. The third-order valence-electron chi connectivity index (χ3n) is 7.91. The average Bonchev–Trinajstić information content (AvgIpc) is 2.99. The molecule has 0 saturated heterocycles. The van der Waals surface area contributed by atoms with E-state index in [2.05, 4.69) is 101 Å². The van der Waals surface area contributed by atoms with Gasteiger partial charge >= 0.3 is 266 Å². The Hall–Kier alpha value is -1.56. The maximum atomic E-state index is 5.49. The van der Waals surface area contributed by atoms with Gasteiger partial charge in [-0.25, -0.2) is 0 Å². The number of unbranched alkanes of at least 4 members (excludes halogenated alkanes) is 6. The topological polar surface area (TPSA) is 15.4 Å². The molecule has 0 aliphatic carbocycles. The van der Waals surface area contributed by atoms with E-state index >= 15 is 0 Å². The normalized spacial score (nSPS) is 12.6. The van der Waals surface area contributed by atoms with Gasteiger partial charge in [0.15, 0.2) is 0 Å². The van der Waals surface area contributed by atoms with Gasteiger partial charge in [0.1, 0.15) is 0 Å². The second kappa shape index (κ2) is 21.2. The Labute approximate surface area is 265 Å². The molecular formula is C38H60N2Pd+. The molecule has 0 amide bonds. The van der Waals surface area contributed by atoms with Gasteiger partial charge in [0, 0.05) is 0 Å². The summed E-state index contributed by atoms with van der Waals surface area (Å²) in [7, 11) is 0. The predicted octanol–water partition coefficient (Wildman–Crippen LogP) is 11.8. The zero-order valence-corrected chi connectivity index (χ0v) is 29.0. The molecule has 0 aliphatic rings. The van der Waals surface area contributed by atoms with E-state index in [9.17, 15) is 0 Å². The molecular weight excluding hydrogens is 591 g/mol. The zero-order valence-electron chi connectivity index (χ0n) is 27.4. The van der Waals surface area contributed by atoms with E-state index in [1.165, 1.54) is 110 Å². The summed E-state index contributed by atoms with van der Waals surface area (Å²) >= 11 is 3.75. The van der Waals surface area contributed by atoms with E-state index in [0.29, 0.717) is 0 Å². The fourth-order valence-corrected chi connectivity index (χ4v) is 5.94. The Bertz CT molecular complexity index is 1030. The van der Waals surface area contributed by atoms with Crippen LogP contribution in [0.5, 0.6) is 0 Å². The molecule has 3 heteroatoms. The Morgan fingerprint density at radius 2 is 0.927 bits per heavy atom. The molecule has 0 N–H and O–H groups in total. The SMILES string of the molecule is CCCCC(=Nc1cc(CCCC)cc(CCCC)c1)C(CCCC)=[N+]([Pd])c1cc(CCCC)cc(CCCC)c1. The first kappa shape index (κ1) is 35.6. The molecule has 0 atom stereocenters. The average molecular weight is 651 g/mol. The molecule has 0 heterocycles. The molecule has 0 unspecified atom stereocenters. The van der Waals surface area contributed by atoms with Crippen LogP contribution >= 0.6 is 0 Å². The van der Waals surface area contributed by atoms with E-state index in [-0.39, 0.29) is 0 Å². The monoisotopic (exact) mass is 650 g/mol. The van der Waals surface area contributed by atoms with Crippen LogP contribution in [-0.4, -0.2) is 14.6 Å². The van der Waals surface area contributed by atoms with Crippen LogP contribution in [0.3, 0.4) is 0 Å². The van der Waals surface area contributed by atoms with Crippen molar-refractivity contribution in [1.82, 2.24) is 0 Å². The van der Waals surface area contributed by atoms with Gasteiger partial charge in [-0.1, -0.05) is 0 Å². The number of rotatable bonds is 21. The van der Waals surface area contributed by atoms with Crippen molar-refractivity contribution in [2.45, 2.75) is 157 Å². The standard InChI is InChI=1S/C38H60N2.Pd/c1-7-13-19-31-25-32(20-14-8-2)28-35(27-31)39-37(23-17-11-5)38(24-18-12-6)40-36-29-33(21-15-9-3)26-34(30-36)22-16-10-4;/h25-30H,7-24H2,1-6H3;/q;+1. The summed E-state index contributed by atoms with van der Waals surface area (Å²) in [5.74, 6) is 0. The molecule has 2 rings (SSSR count). The Balaban J connectivity index is 2.69. The number of hydrogen-bond acceptors (Lipinski definition) is 1. The molecule has 2 nitrogen and oxygen atoms in total. The minimum atomic E-state index is 1.02. The molecule has 0 spiro atoms. The van der Waals surface area contributed by atoms with Crippen LogP contribution in [0.15, 0.2) is 41.4 Å². The van der Waals surface area contributed by atoms with Gasteiger partial charge in [-0.05, 0) is 0 Å². The second-order valence-corrected chi connectivity index (χ2v) is 12.6. The van der Waals surface area contributed by atoms with Crippen LogP contribution in [0.25, 0.3) is 0 Å². The van der Waals surface area contributed by atoms with Crippen LogP contribution in [0.2, 0.25) is 0 Å². The van der Waals surface area contributed by atoms with Crippen molar-refractivity contribution in [3.63, 3.8) is 0 Å². The number of aryl methyl sites for hydroxylation is 4. The van der Waals surface area contributed by atoms with Gasteiger partial charge in [-0.2, -0.15) is 0 Å². The summed E-state index contributed by atoms with van der Waals surface area (Å²) in [6.07, 6.45) is 21.2. The van der Waals surface area contributed by atoms with Crippen molar-refractivity contribution < 1.29 is 22.7 Å². The van der Waals surface area contributed by atoms with E-state index in [1.807, 2.05) is 0 Å². The second-order valence-electron chi connectivity index (χ2n) is 11.9. The molecule has 2 aromatic carbocycles. The maximum absolute atomic E-state index is 5.49. The molecule has 231 valence electrons. The van der Waals surface area contributed by atoms with Gasteiger partial charge < -0.3 is 0 Å². The van der Waals surface area contributed by atoms with Crippen molar-refractivity contribution >= 4 is 22.8 Å². The molecule has 41 heavy (non-hydrogen) atoms. The molecule has 0 bridgehead atoms. The number of benzene rings is 2. The van der Waals surface area contributed by atoms with Gasteiger partial charge in [-0.3, -0.25) is 0 Å². The first-order valence-corrected chi connectivity index (χ1v) is 17.8. The molecule has 0 radical (unpaired) electrons. The quantitative estimate of drug-likeness (QED) is 0.0943. The van der Waals surface area contributed by atoms with Crippen LogP contribution < -0.4 is 0 Å². The van der Waals surface area contributed by atoms with Crippen molar-refractivity contribution in [3.05, 3.63) is 58.7 Å². The molecule has 2 aromatic rings. The third-order valence-corrected chi connectivity index (χ3v) is 8.73. The van der Waals surface area contributed by atoms with Crippen molar-refractivity contribution in [2.24, 2.45) is 4.99 Å². The first-order valence-electron chi connectivity index (χ1n) is 17.1. The van der Waals surface area contributed by atoms with E-state index in [4.69, 9.17) is 4.99 Å². The number of hydrogen-bond donors (Lipinski definition) is 0. The van der Waals surface area contributed by atoms with Gasteiger partial charge in [0.2, 0.25) is 0 Å². The van der Waals surface area contributed by atoms with Gasteiger partial charge in [-0.15, -0.1) is 0 Å². The van der Waals surface area contributed by atoms with Crippen LogP contribution in [0.4, 0.5) is 11.4 Å². The summed E-state index contributed by atoms with van der Waals surface area (Å²) in [5.41, 5.74) is 10.9. The van der Waals surface area contributed by atoms with Gasteiger partial charge in [0.25, 0.3) is 0 Å². The molecule has 0 aliphatic heterocycles. The molecule has 0 saturated carbocycles. The predicted molar refractivity (Wildman–Crippen MR) is 178 cm³/mol. The van der Waals surface area contributed by atoms with Crippen molar-refractivity contribution in [3.8, 4) is 0 Å². The summed E-state index contributed by atoms with van der Waals surface area (Å²) in [6, 6.07) is 14.5. The van der Waals surface area contributed by atoms with E-state index in [1.54, 1.807) is 0 Å². The van der Waals surface area contributed by atoms with Crippen LogP contribution in [-0.2, 0) is 45.1 Å². The van der Waals surface area contributed by atoms with Crippen molar-refractivity contribution in [2.75, 3.05) is 0 Å². The zero-order chi connectivity index (χ0) is 29.9. The fraction of sp³-hybridized carbons (Fsp3) is 0.632. The summed E-state index contributed by atoms with van der Waals surface area (Å²) in [6.45, 7) is 13.7. The molecule has 0 fully saturated rings.